The van der Waals surface area contributed by atoms with Gasteiger partial charge in [0.25, 0.3) is 0 Å². The molecule has 20 heavy (non-hydrogen) atoms. The van der Waals surface area contributed by atoms with Crippen molar-refractivity contribution >= 4 is 29.7 Å². The summed E-state index contributed by atoms with van der Waals surface area (Å²) < 4.78 is 5.82. The van der Waals surface area contributed by atoms with Gasteiger partial charge in [-0.15, -0.1) is 12.4 Å². The quantitative estimate of drug-likeness (QED) is 0.865. The van der Waals surface area contributed by atoms with Gasteiger partial charge in [0, 0.05) is 24.7 Å². The lowest BCUT2D eigenvalue weighted by Gasteiger charge is -2.34. The van der Waals surface area contributed by atoms with Crippen molar-refractivity contribution in [3.05, 3.63) is 41.7 Å². The van der Waals surface area contributed by atoms with Gasteiger partial charge in [0.2, 0.25) is 0 Å². The van der Waals surface area contributed by atoms with E-state index in [-0.39, 0.29) is 18.4 Å². The summed E-state index contributed by atoms with van der Waals surface area (Å²) in [6, 6.07) is 8.35. The largest absolute Gasteiger partial charge is 0.491 e. The number of ether oxygens (including phenoxy) is 1. The third-order valence-electron chi connectivity index (χ3n) is 3.46. The molecule has 1 aromatic carbocycles. The summed E-state index contributed by atoms with van der Waals surface area (Å²) in [4.78, 5) is 2.10. The molecule has 0 bridgehead atoms. The van der Waals surface area contributed by atoms with Gasteiger partial charge in [0.15, 0.2) is 5.11 Å². The monoisotopic (exact) mass is 310 g/mol. The molecule has 1 atom stereocenters. The molecule has 0 unspecified atom stereocenters. The Hall–Kier alpha value is -1.30. The standard InChI is InChI=1S/C14H16N3OS.ClH/c15-6-5-11-8-16-14(19)17(11)12-7-10-3-1-2-4-13(10)18-9-12;/h1-4,8,12H,5-7,9,15H2;1H/t12-;/m1./s1. The average Bonchev–Trinajstić information content (AvgIpc) is 2.80. The van der Waals surface area contributed by atoms with Crippen molar-refractivity contribution in [3.8, 4) is 5.75 Å². The summed E-state index contributed by atoms with van der Waals surface area (Å²) >= 11 is 5.32. The smallest absolute Gasteiger partial charge is 0.200 e. The number of hydrogen-bond donors (Lipinski definition) is 1. The van der Waals surface area contributed by atoms with Crippen LogP contribution in [0, 0.1) is 0 Å². The molecule has 0 saturated heterocycles. The van der Waals surface area contributed by atoms with Crippen LogP contribution in [0.4, 0.5) is 0 Å². The molecule has 3 rings (SSSR count). The van der Waals surface area contributed by atoms with Crippen molar-refractivity contribution in [1.82, 2.24) is 10.2 Å². The number of fused-ring (bicyclic) bond motifs is 1. The van der Waals surface area contributed by atoms with E-state index in [4.69, 9.17) is 22.7 Å². The Morgan fingerprint density at radius 1 is 1.40 bits per heavy atom. The first-order chi connectivity index (χ1) is 9.29. The molecule has 0 saturated carbocycles. The summed E-state index contributed by atoms with van der Waals surface area (Å²) in [5.41, 5.74) is 7.96. The Balaban J connectivity index is 0.00000147. The number of para-hydroxylation sites is 1. The van der Waals surface area contributed by atoms with Crippen LogP contribution in [-0.4, -0.2) is 29.2 Å². The van der Waals surface area contributed by atoms with Crippen LogP contribution in [0.5, 0.6) is 5.75 Å². The van der Waals surface area contributed by atoms with Crippen LogP contribution >= 0.6 is 24.6 Å². The van der Waals surface area contributed by atoms with Gasteiger partial charge in [-0.25, -0.2) is 5.32 Å². The number of nitrogens with zero attached hydrogens (tertiary/aromatic N) is 2. The summed E-state index contributed by atoms with van der Waals surface area (Å²) in [5, 5.41) is 4.85. The van der Waals surface area contributed by atoms with Crippen molar-refractivity contribution in [2.45, 2.75) is 18.9 Å². The Labute approximate surface area is 130 Å². The molecular weight excluding hydrogens is 294 g/mol. The predicted octanol–water partition coefficient (Wildman–Crippen LogP) is 1.81. The summed E-state index contributed by atoms with van der Waals surface area (Å²) in [5.74, 6) is 0.977. The molecule has 2 heterocycles. The van der Waals surface area contributed by atoms with Crippen LogP contribution in [0.3, 0.4) is 0 Å². The molecule has 0 spiro atoms. The molecule has 0 amide bonds. The zero-order valence-corrected chi connectivity index (χ0v) is 12.6. The first kappa shape index (κ1) is 15.1. The Morgan fingerprint density at radius 2 is 2.20 bits per heavy atom. The number of rotatable bonds is 3. The van der Waals surface area contributed by atoms with E-state index in [1.165, 1.54) is 5.56 Å². The topological polar surface area (TPSA) is 52.6 Å². The van der Waals surface area contributed by atoms with E-state index in [0.717, 1.165) is 24.3 Å². The van der Waals surface area contributed by atoms with Gasteiger partial charge in [-0.05, 0) is 30.4 Å². The van der Waals surface area contributed by atoms with Crippen LogP contribution in [0.15, 0.2) is 36.2 Å². The van der Waals surface area contributed by atoms with Gasteiger partial charge in [0.05, 0.1) is 6.04 Å². The third-order valence-corrected chi connectivity index (χ3v) is 3.77. The SMILES string of the molecule is Cl.NCCC1=C[N]C(=S)N1[C@H]1COc2ccccc2C1. The van der Waals surface area contributed by atoms with E-state index >= 15 is 0 Å². The number of halogens is 1. The maximum Gasteiger partial charge on any atom is 0.200 e. The van der Waals surface area contributed by atoms with Crippen LogP contribution in [-0.2, 0) is 6.42 Å². The highest BCUT2D eigenvalue weighted by molar-refractivity contribution is 7.80. The van der Waals surface area contributed by atoms with Gasteiger partial charge in [0.1, 0.15) is 12.4 Å². The normalized spacial score (nSPS) is 20.4. The molecule has 2 aliphatic rings. The van der Waals surface area contributed by atoms with Gasteiger partial charge >= 0.3 is 0 Å². The highest BCUT2D eigenvalue weighted by Gasteiger charge is 2.32. The van der Waals surface area contributed by atoms with Crippen molar-refractivity contribution in [1.29, 1.82) is 0 Å². The minimum atomic E-state index is 0. The minimum absolute atomic E-state index is 0. The zero-order chi connectivity index (χ0) is 13.2. The van der Waals surface area contributed by atoms with Crippen LogP contribution in [0.2, 0.25) is 0 Å². The second kappa shape index (κ2) is 6.43. The molecular formula is C14H17ClN3OS. The molecule has 107 valence electrons. The molecule has 0 fully saturated rings. The highest BCUT2D eigenvalue weighted by Crippen LogP contribution is 2.29. The van der Waals surface area contributed by atoms with E-state index < -0.39 is 0 Å². The second-order valence-electron chi connectivity index (χ2n) is 4.72. The third kappa shape index (κ3) is 2.75. The van der Waals surface area contributed by atoms with E-state index in [0.29, 0.717) is 18.3 Å². The molecule has 0 aromatic heterocycles. The Morgan fingerprint density at radius 3 is 3.00 bits per heavy atom. The fourth-order valence-corrected chi connectivity index (χ4v) is 2.90. The number of thiocarbonyl (C=S) groups is 1. The second-order valence-corrected chi connectivity index (χ2v) is 5.08. The van der Waals surface area contributed by atoms with Gasteiger partial charge in [-0.1, -0.05) is 18.2 Å². The van der Waals surface area contributed by atoms with E-state index in [9.17, 15) is 0 Å². The lowest BCUT2D eigenvalue weighted by atomic mass is 10.0. The molecule has 1 aromatic rings. The fraction of sp³-hybridized carbons (Fsp3) is 0.357. The van der Waals surface area contributed by atoms with Crippen LogP contribution in [0.25, 0.3) is 0 Å². The number of benzene rings is 1. The maximum atomic E-state index is 5.82. The average molecular weight is 311 g/mol. The van der Waals surface area contributed by atoms with Crippen LogP contribution in [0.1, 0.15) is 12.0 Å². The van der Waals surface area contributed by atoms with Gasteiger partial charge < -0.3 is 15.4 Å². The van der Waals surface area contributed by atoms with E-state index in [1.54, 1.807) is 0 Å². The summed E-state index contributed by atoms with van der Waals surface area (Å²) in [6.07, 6.45) is 3.55. The number of hydrogen-bond acceptors (Lipinski definition) is 3. The van der Waals surface area contributed by atoms with Gasteiger partial charge in [-0.2, -0.15) is 0 Å². The summed E-state index contributed by atoms with van der Waals surface area (Å²) in [6.45, 7) is 1.24. The molecule has 4 nitrogen and oxygen atoms in total. The maximum absolute atomic E-state index is 5.82. The molecule has 2 aliphatic heterocycles. The number of nitrogens with two attached hydrogens (primary N) is 1. The lowest BCUT2D eigenvalue weighted by molar-refractivity contribution is 0.196. The Bertz CT molecular complexity index is 535. The predicted molar refractivity (Wildman–Crippen MR) is 85.0 cm³/mol. The fourth-order valence-electron chi connectivity index (χ4n) is 2.58. The first-order valence-corrected chi connectivity index (χ1v) is 6.84. The minimum Gasteiger partial charge on any atom is -0.491 e. The molecule has 6 heteroatoms. The van der Waals surface area contributed by atoms with Crippen molar-refractivity contribution < 1.29 is 4.74 Å². The Kier molecular flexibility index (Phi) is 4.86. The van der Waals surface area contributed by atoms with E-state index in [2.05, 4.69) is 16.3 Å². The van der Waals surface area contributed by atoms with Crippen molar-refractivity contribution in [3.63, 3.8) is 0 Å². The molecule has 0 aliphatic carbocycles. The highest BCUT2D eigenvalue weighted by atomic mass is 35.5. The molecule has 1 radical (unpaired) electrons. The van der Waals surface area contributed by atoms with E-state index in [1.807, 2.05) is 24.4 Å². The van der Waals surface area contributed by atoms with Crippen LogP contribution < -0.4 is 15.8 Å². The first-order valence-electron chi connectivity index (χ1n) is 6.43. The zero-order valence-electron chi connectivity index (χ0n) is 11.0. The summed E-state index contributed by atoms with van der Waals surface area (Å²) in [7, 11) is 0. The van der Waals surface area contributed by atoms with Gasteiger partial charge in [-0.3, -0.25) is 0 Å². The van der Waals surface area contributed by atoms with Crippen molar-refractivity contribution in [2.75, 3.05) is 13.2 Å². The lowest BCUT2D eigenvalue weighted by Crippen LogP contribution is -2.44. The molecule has 2 N–H and O–H groups in total. The van der Waals surface area contributed by atoms with Crippen molar-refractivity contribution in [2.24, 2.45) is 5.73 Å².